The second kappa shape index (κ2) is 5.70. The molecule has 3 rings (SSSR count). The quantitative estimate of drug-likeness (QED) is 0.695. The molecule has 0 radical (unpaired) electrons. The fourth-order valence-corrected chi connectivity index (χ4v) is 5.00. The maximum Gasteiger partial charge on any atom is 0.165 e. The Morgan fingerprint density at radius 3 is 2.65 bits per heavy atom. The van der Waals surface area contributed by atoms with Gasteiger partial charge in [-0.25, -0.2) is 0 Å². The van der Waals surface area contributed by atoms with Crippen LogP contribution in [0.25, 0.3) is 0 Å². The van der Waals surface area contributed by atoms with Crippen molar-refractivity contribution in [2.45, 2.75) is 65.9 Å². The van der Waals surface area contributed by atoms with Gasteiger partial charge in [0.2, 0.25) is 0 Å². The first-order valence-electron chi connectivity index (χ1n) is 8.86. The van der Waals surface area contributed by atoms with Crippen molar-refractivity contribution in [2.75, 3.05) is 0 Å². The highest BCUT2D eigenvalue weighted by Crippen LogP contribution is 2.53. The minimum Gasteiger partial charge on any atom is -0.388 e. The Morgan fingerprint density at radius 1 is 1.26 bits per heavy atom. The van der Waals surface area contributed by atoms with Crippen molar-refractivity contribution in [1.82, 2.24) is 0 Å². The number of fused-ring (bicyclic) bond motifs is 2. The monoisotopic (exact) mass is 316 g/mol. The molecule has 4 atom stereocenters. The second-order valence-corrected chi connectivity index (χ2v) is 8.38. The Kier molecular flexibility index (Phi) is 4.12. The maximum absolute atomic E-state index is 13.1. The number of aliphatic hydroxyl groups is 1. The van der Waals surface area contributed by atoms with E-state index in [1.807, 2.05) is 13.8 Å². The number of hydrogen-bond donors (Lipinski definition) is 1. The van der Waals surface area contributed by atoms with Gasteiger partial charge in [-0.1, -0.05) is 32.4 Å². The van der Waals surface area contributed by atoms with E-state index in [0.717, 1.165) is 36.0 Å². The van der Waals surface area contributed by atoms with Crippen molar-refractivity contribution in [3.8, 4) is 0 Å². The van der Waals surface area contributed by atoms with E-state index in [0.29, 0.717) is 18.8 Å². The van der Waals surface area contributed by atoms with Crippen molar-refractivity contribution < 1.29 is 14.7 Å². The topological polar surface area (TPSA) is 54.4 Å². The largest absolute Gasteiger partial charge is 0.388 e. The van der Waals surface area contributed by atoms with Crippen LogP contribution in [-0.4, -0.2) is 22.8 Å². The van der Waals surface area contributed by atoms with Gasteiger partial charge in [0.15, 0.2) is 5.78 Å². The zero-order valence-electron chi connectivity index (χ0n) is 14.7. The lowest BCUT2D eigenvalue weighted by atomic mass is 9.64. The third kappa shape index (κ3) is 2.63. The van der Waals surface area contributed by atoms with Gasteiger partial charge >= 0.3 is 0 Å². The summed E-state index contributed by atoms with van der Waals surface area (Å²) >= 11 is 0. The van der Waals surface area contributed by atoms with Crippen LogP contribution in [0.15, 0.2) is 22.8 Å². The molecule has 3 bridgehead atoms. The molecule has 0 heterocycles. The van der Waals surface area contributed by atoms with Crippen LogP contribution in [0.3, 0.4) is 0 Å². The molecule has 3 nitrogen and oxygen atoms in total. The molecule has 0 unspecified atom stereocenters. The van der Waals surface area contributed by atoms with E-state index in [9.17, 15) is 14.7 Å². The molecule has 0 fully saturated rings. The second-order valence-electron chi connectivity index (χ2n) is 8.38. The molecule has 0 saturated carbocycles. The van der Waals surface area contributed by atoms with Gasteiger partial charge in [0.25, 0.3) is 0 Å². The molecule has 126 valence electrons. The first kappa shape index (κ1) is 16.6. The predicted molar refractivity (Wildman–Crippen MR) is 89.8 cm³/mol. The van der Waals surface area contributed by atoms with Crippen LogP contribution in [0.4, 0.5) is 0 Å². The average Bonchev–Trinajstić information content (AvgIpc) is 2.69. The van der Waals surface area contributed by atoms with Gasteiger partial charge in [0.1, 0.15) is 5.78 Å². The molecule has 0 aromatic rings. The number of carbonyl (C=O) groups excluding carboxylic acids is 2. The van der Waals surface area contributed by atoms with Crippen LogP contribution in [0.5, 0.6) is 0 Å². The van der Waals surface area contributed by atoms with Crippen LogP contribution in [-0.2, 0) is 9.59 Å². The van der Waals surface area contributed by atoms with Gasteiger partial charge in [0.05, 0.1) is 12.0 Å². The Hall–Kier alpha value is -1.22. The minimum atomic E-state index is -0.685. The summed E-state index contributed by atoms with van der Waals surface area (Å²) in [5.41, 5.74) is 2.77. The fraction of sp³-hybridized carbons (Fsp3) is 0.700. The van der Waals surface area contributed by atoms with E-state index in [-0.39, 0.29) is 22.9 Å². The third-order valence-electron chi connectivity index (χ3n) is 6.38. The molecule has 0 aromatic carbocycles. The lowest BCUT2D eigenvalue weighted by molar-refractivity contribution is -0.124. The first-order chi connectivity index (χ1) is 10.7. The number of carbonyl (C=O) groups is 2. The Balaban J connectivity index is 2.08. The van der Waals surface area contributed by atoms with Gasteiger partial charge in [-0.05, 0) is 49.0 Å². The third-order valence-corrected chi connectivity index (χ3v) is 6.38. The van der Waals surface area contributed by atoms with Crippen LogP contribution in [0.1, 0.15) is 59.8 Å². The van der Waals surface area contributed by atoms with E-state index < -0.39 is 12.0 Å². The lowest BCUT2D eigenvalue weighted by Gasteiger charge is -2.40. The highest BCUT2D eigenvalue weighted by atomic mass is 16.3. The molecule has 0 aliphatic heterocycles. The highest BCUT2D eigenvalue weighted by Gasteiger charge is 2.52. The highest BCUT2D eigenvalue weighted by molar-refractivity contribution is 6.03. The van der Waals surface area contributed by atoms with Gasteiger partial charge in [-0.2, -0.15) is 0 Å². The van der Waals surface area contributed by atoms with E-state index in [4.69, 9.17) is 0 Å². The summed E-state index contributed by atoms with van der Waals surface area (Å²) in [5, 5.41) is 10.8. The summed E-state index contributed by atoms with van der Waals surface area (Å²) in [6.07, 6.45) is 5.09. The lowest BCUT2D eigenvalue weighted by Crippen LogP contribution is -2.34. The molecular formula is C20H28O3. The summed E-state index contributed by atoms with van der Waals surface area (Å²) in [5.74, 6) is 0.152. The summed E-state index contributed by atoms with van der Waals surface area (Å²) in [6, 6.07) is 0. The van der Waals surface area contributed by atoms with E-state index >= 15 is 0 Å². The average molecular weight is 316 g/mol. The van der Waals surface area contributed by atoms with Gasteiger partial charge in [-0.3, -0.25) is 9.59 Å². The molecule has 3 aliphatic rings. The van der Waals surface area contributed by atoms with Gasteiger partial charge in [-0.15, -0.1) is 0 Å². The number of rotatable bonds is 0. The number of Topliss-reactive ketones (excluding diaryl/α,β-unsaturated/α-hetero) is 2. The maximum atomic E-state index is 13.1. The molecule has 3 aliphatic carbocycles. The van der Waals surface area contributed by atoms with Crippen molar-refractivity contribution in [3.63, 3.8) is 0 Å². The molecule has 0 aromatic heterocycles. The molecule has 0 saturated heterocycles. The normalized spacial score (nSPS) is 39.8. The first-order valence-corrected chi connectivity index (χ1v) is 8.86. The molecule has 0 amide bonds. The number of ketones is 2. The summed E-state index contributed by atoms with van der Waals surface area (Å²) in [4.78, 5) is 25.3. The summed E-state index contributed by atoms with van der Waals surface area (Å²) in [6.45, 7) is 8.29. The fourth-order valence-electron chi connectivity index (χ4n) is 5.00. The van der Waals surface area contributed by atoms with E-state index in [1.54, 1.807) is 0 Å². The number of allylic oxidation sites excluding steroid dienone is 3. The minimum absolute atomic E-state index is 0.0999. The van der Waals surface area contributed by atoms with Gasteiger partial charge in [0, 0.05) is 18.4 Å². The van der Waals surface area contributed by atoms with Gasteiger partial charge < -0.3 is 5.11 Å². The van der Waals surface area contributed by atoms with Crippen molar-refractivity contribution in [1.29, 1.82) is 0 Å². The van der Waals surface area contributed by atoms with E-state index in [1.165, 1.54) is 0 Å². The van der Waals surface area contributed by atoms with E-state index in [2.05, 4.69) is 19.9 Å². The molecular weight excluding hydrogens is 288 g/mol. The van der Waals surface area contributed by atoms with Crippen molar-refractivity contribution in [2.24, 2.45) is 23.2 Å². The summed E-state index contributed by atoms with van der Waals surface area (Å²) in [7, 11) is 0. The smallest absolute Gasteiger partial charge is 0.165 e. The van der Waals surface area contributed by atoms with Crippen LogP contribution < -0.4 is 0 Å². The number of aliphatic hydroxyl groups excluding tert-OH is 1. The SMILES string of the molecule is C/C1=C/C[C@@H]2CCC3=C(C(=O)[C@@H]([C@@H](C)CC(=O)C1)[C@H]3O)C2(C)C. The Labute approximate surface area is 138 Å². The zero-order valence-corrected chi connectivity index (χ0v) is 14.7. The summed E-state index contributed by atoms with van der Waals surface area (Å²) < 4.78 is 0. The van der Waals surface area contributed by atoms with Crippen LogP contribution in [0.2, 0.25) is 0 Å². The Bertz CT molecular complexity index is 608. The molecule has 1 N–H and O–H groups in total. The zero-order chi connectivity index (χ0) is 16.9. The number of hydrogen-bond acceptors (Lipinski definition) is 3. The molecule has 3 heteroatoms. The molecule has 0 spiro atoms. The predicted octanol–water partition coefficient (Wildman–Crippen LogP) is 3.61. The van der Waals surface area contributed by atoms with Crippen molar-refractivity contribution in [3.05, 3.63) is 22.8 Å². The van der Waals surface area contributed by atoms with Crippen LogP contribution in [0, 0.1) is 23.2 Å². The standard InChI is InChI=1S/C20H28O3/c1-11-5-6-13-7-8-15-17(20(13,3)4)19(23)16(18(15)22)12(2)10-14(21)9-11/h5,12-13,16,18,22H,6-10H2,1-4H3/b11-5-/t12-,13+,16-,18-/m0/s1. The van der Waals surface area contributed by atoms with Crippen molar-refractivity contribution >= 4 is 11.6 Å². The van der Waals surface area contributed by atoms with Crippen LogP contribution >= 0.6 is 0 Å². The Morgan fingerprint density at radius 2 is 1.96 bits per heavy atom. The molecule has 23 heavy (non-hydrogen) atoms.